The third-order valence-corrected chi connectivity index (χ3v) is 7.47. The molecule has 1 saturated carbocycles. The standard InChI is InChI=1S/C17H25N3O3S/c21-16(14-6-2-1-3-7-14)20-17(9-5-11-19-13-17)24(22,23)15-8-4-10-18-12-15/h4,8,10,12,14,19H,1-3,5-7,9,11,13H2,(H,20,21)/t17-/m0/s1. The molecule has 132 valence electrons. The number of amides is 1. The van der Waals surface area contributed by atoms with Gasteiger partial charge in [0, 0.05) is 24.9 Å². The van der Waals surface area contributed by atoms with Crippen molar-refractivity contribution in [2.24, 2.45) is 5.92 Å². The number of hydrogen-bond donors (Lipinski definition) is 2. The van der Waals surface area contributed by atoms with Crippen LogP contribution < -0.4 is 10.6 Å². The lowest BCUT2D eigenvalue weighted by molar-refractivity contribution is -0.127. The molecule has 1 aromatic rings. The van der Waals surface area contributed by atoms with Gasteiger partial charge in [0.15, 0.2) is 4.87 Å². The van der Waals surface area contributed by atoms with E-state index in [9.17, 15) is 13.2 Å². The third-order valence-electron chi connectivity index (χ3n) is 5.13. The lowest BCUT2D eigenvalue weighted by atomic mass is 9.88. The largest absolute Gasteiger partial charge is 0.335 e. The summed E-state index contributed by atoms with van der Waals surface area (Å²) in [6.45, 7) is 1.01. The van der Waals surface area contributed by atoms with Gasteiger partial charge in [-0.2, -0.15) is 0 Å². The Hall–Kier alpha value is -1.47. The number of rotatable bonds is 4. The smallest absolute Gasteiger partial charge is 0.224 e. The second kappa shape index (κ2) is 7.19. The molecule has 0 radical (unpaired) electrons. The molecule has 3 rings (SSSR count). The van der Waals surface area contributed by atoms with Gasteiger partial charge in [-0.15, -0.1) is 0 Å². The molecule has 2 aliphatic rings. The summed E-state index contributed by atoms with van der Waals surface area (Å²) in [5.74, 6) is -0.187. The summed E-state index contributed by atoms with van der Waals surface area (Å²) < 4.78 is 26.5. The monoisotopic (exact) mass is 351 g/mol. The summed E-state index contributed by atoms with van der Waals surface area (Å²) in [5.41, 5.74) is 0. The predicted molar refractivity (Wildman–Crippen MR) is 91.0 cm³/mol. The molecule has 6 nitrogen and oxygen atoms in total. The van der Waals surface area contributed by atoms with Gasteiger partial charge < -0.3 is 10.6 Å². The van der Waals surface area contributed by atoms with Crippen LogP contribution >= 0.6 is 0 Å². The number of piperidine rings is 1. The van der Waals surface area contributed by atoms with E-state index in [1.165, 1.54) is 6.20 Å². The number of pyridine rings is 1. The van der Waals surface area contributed by atoms with E-state index in [0.29, 0.717) is 12.8 Å². The van der Waals surface area contributed by atoms with Gasteiger partial charge in [0.1, 0.15) is 0 Å². The lowest BCUT2D eigenvalue weighted by Gasteiger charge is -2.39. The van der Waals surface area contributed by atoms with Crippen molar-refractivity contribution in [2.45, 2.75) is 54.7 Å². The Bertz CT molecular complexity index is 664. The second-order valence-electron chi connectivity index (χ2n) is 6.79. The molecule has 1 saturated heterocycles. The minimum atomic E-state index is -3.71. The quantitative estimate of drug-likeness (QED) is 0.861. The molecule has 2 heterocycles. The average molecular weight is 351 g/mol. The minimum absolute atomic E-state index is 0.0679. The van der Waals surface area contributed by atoms with Crippen molar-refractivity contribution in [1.29, 1.82) is 0 Å². The van der Waals surface area contributed by atoms with Crippen LogP contribution in [-0.2, 0) is 14.6 Å². The van der Waals surface area contributed by atoms with E-state index < -0.39 is 14.7 Å². The highest BCUT2D eigenvalue weighted by atomic mass is 32.2. The Labute approximate surface area is 143 Å². The topological polar surface area (TPSA) is 88.2 Å². The summed E-state index contributed by atoms with van der Waals surface area (Å²) in [4.78, 5) is 15.6. The lowest BCUT2D eigenvalue weighted by Crippen LogP contribution is -2.63. The maximum absolute atomic E-state index is 13.2. The number of carbonyl (C=O) groups excluding carboxylic acids is 1. The van der Waals surface area contributed by atoms with Gasteiger partial charge in [0.05, 0.1) is 4.90 Å². The second-order valence-corrected chi connectivity index (χ2v) is 9.05. The molecular formula is C17H25N3O3S. The average Bonchev–Trinajstić information content (AvgIpc) is 2.64. The molecule has 0 unspecified atom stereocenters. The molecule has 24 heavy (non-hydrogen) atoms. The summed E-state index contributed by atoms with van der Waals surface area (Å²) in [5, 5.41) is 6.07. The van der Waals surface area contributed by atoms with E-state index in [1.807, 2.05) is 0 Å². The Balaban J connectivity index is 1.88. The van der Waals surface area contributed by atoms with Crippen molar-refractivity contribution in [2.75, 3.05) is 13.1 Å². The van der Waals surface area contributed by atoms with Gasteiger partial charge in [0.2, 0.25) is 15.7 Å². The number of carbonyl (C=O) groups is 1. The zero-order chi connectivity index (χ0) is 17.0. The molecule has 7 heteroatoms. The normalized spacial score (nSPS) is 26.0. The highest BCUT2D eigenvalue weighted by Crippen LogP contribution is 2.31. The minimum Gasteiger partial charge on any atom is -0.335 e. The number of hydrogen-bond acceptors (Lipinski definition) is 5. The van der Waals surface area contributed by atoms with Crippen LogP contribution in [0, 0.1) is 5.92 Å². The number of nitrogens with one attached hydrogen (secondary N) is 2. The van der Waals surface area contributed by atoms with Gasteiger partial charge in [0.25, 0.3) is 0 Å². The van der Waals surface area contributed by atoms with E-state index in [1.54, 1.807) is 18.3 Å². The van der Waals surface area contributed by atoms with Crippen molar-refractivity contribution in [3.05, 3.63) is 24.5 Å². The zero-order valence-electron chi connectivity index (χ0n) is 13.8. The van der Waals surface area contributed by atoms with Gasteiger partial charge in [-0.3, -0.25) is 9.78 Å². The van der Waals surface area contributed by atoms with E-state index in [2.05, 4.69) is 15.6 Å². The Morgan fingerprint density at radius 3 is 2.67 bits per heavy atom. The molecule has 1 aliphatic carbocycles. The van der Waals surface area contributed by atoms with Crippen molar-refractivity contribution in [3.63, 3.8) is 0 Å². The Kier molecular flexibility index (Phi) is 5.20. The fourth-order valence-electron chi connectivity index (χ4n) is 3.70. The maximum Gasteiger partial charge on any atom is 0.224 e. The van der Waals surface area contributed by atoms with Crippen molar-refractivity contribution < 1.29 is 13.2 Å². The van der Waals surface area contributed by atoms with Gasteiger partial charge in [-0.1, -0.05) is 19.3 Å². The molecule has 1 aliphatic heterocycles. The first-order valence-corrected chi connectivity index (χ1v) is 10.2. The molecule has 1 aromatic heterocycles. The molecule has 1 amide bonds. The molecule has 2 fully saturated rings. The van der Waals surface area contributed by atoms with Crippen molar-refractivity contribution >= 4 is 15.7 Å². The molecule has 0 bridgehead atoms. The van der Waals surface area contributed by atoms with Crippen LogP contribution in [0.3, 0.4) is 0 Å². The van der Waals surface area contributed by atoms with Crippen LogP contribution in [0.2, 0.25) is 0 Å². The molecular weight excluding hydrogens is 326 g/mol. The van der Waals surface area contributed by atoms with Crippen LogP contribution in [0.4, 0.5) is 0 Å². The van der Waals surface area contributed by atoms with Crippen LogP contribution in [0.5, 0.6) is 0 Å². The maximum atomic E-state index is 13.2. The van der Waals surface area contributed by atoms with Crippen LogP contribution in [-0.4, -0.2) is 37.3 Å². The first-order chi connectivity index (χ1) is 11.6. The van der Waals surface area contributed by atoms with E-state index in [0.717, 1.165) is 38.6 Å². The predicted octanol–water partition coefficient (Wildman–Crippen LogP) is 1.63. The third kappa shape index (κ3) is 3.32. The van der Waals surface area contributed by atoms with Gasteiger partial charge >= 0.3 is 0 Å². The molecule has 0 aromatic carbocycles. The molecule has 1 atom stereocenters. The highest BCUT2D eigenvalue weighted by Gasteiger charge is 2.47. The van der Waals surface area contributed by atoms with Gasteiger partial charge in [-0.05, 0) is 44.4 Å². The summed E-state index contributed by atoms with van der Waals surface area (Å²) in [6.07, 6.45) is 8.98. The van der Waals surface area contributed by atoms with Crippen molar-refractivity contribution in [3.8, 4) is 0 Å². The summed E-state index contributed by atoms with van der Waals surface area (Å²) in [7, 11) is -3.71. The zero-order valence-corrected chi connectivity index (χ0v) is 14.6. The van der Waals surface area contributed by atoms with Crippen LogP contribution in [0.15, 0.2) is 29.4 Å². The van der Waals surface area contributed by atoms with Crippen LogP contribution in [0.25, 0.3) is 0 Å². The Morgan fingerprint density at radius 1 is 1.25 bits per heavy atom. The summed E-state index contributed by atoms with van der Waals surface area (Å²) in [6, 6.07) is 3.16. The van der Waals surface area contributed by atoms with E-state index in [-0.39, 0.29) is 23.3 Å². The van der Waals surface area contributed by atoms with E-state index in [4.69, 9.17) is 0 Å². The number of aromatic nitrogens is 1. The fraction of sp³-hybridized carbons (Fsp3) is 0.647. The van der Waals surface area contributed by atoms with E-state index >= 15 is 0 Å². The fourth-order valence-corrected chi connectivity index (χ4v) is 5.55. The molecule has 0 spiro atoms. The highest BCUT2D eigenvalue weighted by molar-refractivity contribution is 7.92. The van der Waals surface area contributed by atoms with Crippen molar-refractivity contribution in [1.82, 2.24) is 15.6 Å². The number of nitrogens with zero attached hydrogens (tertiary/aromatic N) is 1. The Morgan fingerprint density at radius 2 is 2.04 bits per heavy atom. The molecule has 2 N–H and O–H groups in total. The summed E-state index contributed by atoms with van der Waals surface area (Å²) >= 11 is 0. The number of sulfone groups is 1. The van der Waals surface area contributed by atoms with Crippen LogP contribution in [0.1, 0.15) is 44.9 Å². The first-order valence-electron chi connectivity index (χ1n) is 8.73. The SMILES string of the molecule is O=C(N[C@]1(S(=O)(=O)c2cccnc2)CCCNC1)C1CCCCC1. The first kappa shape index (κ1) is 17.4. The van der Waals surface area contributed by atoms with Gasteiger partial charge in [-0.25, -0.2) is 8.42 Å².